The summed E-state index contributed by atoms with van der Waals surface area (Å²) >= 11 is 0. The Morgan fingerprint density at radius 2 is 2.00 bits per heavy atom. The Hall–Kier alpha value is -2.68. The molecule has 0 unspecified atom stereocenters. The summed E-state index contributed by atoms with van der Waals surface area (Å²) < 4.78 is 60.8. The van der Waals surface area contributed by atoms with Crippen LogP contribution < -0.4 is 15.9 Å². The third-order valence-corrected chi connectivity index (χ3v) is 8.00. The Bertz CT molecular complexity index is 1310. The lowest BCUT2D eigenvalue weighted by Gasteiger charge is -2.16. The van der Waals surface area contributed by atoms with E-state index in [1.165, 1.54) is 6.20 Å². The number of rotatable bonds is 10. The maximum Gasteiger partial charge on any atom is 0.419 e. The molecular weight excluding hydrogens is 502 g/mol. The molecule has 1 aromatic carbocycles. The summed E-state index contributed by atoms with van der Waals surface area (Å²) in [7, 11) is -0.976. The zero-order valence-corrected chi connectivity index (χ0v) is 22.2. The third-order valence-electron chi connectivity index (χ3n) is 6.44. The van der Waals surface area contributed by atoms with Crippen LogP contribution in [-0.2, 0) is 15.5 Å². The van der Waals surface area contributed by atoms with E-state index in [4.69, 9.17) is 4.74 Å². The fourth-order valence-electron chi connectivity index (χ4n) is 4.73. The van der Waals surface area contributed by atoms with Gasteiger partial charge in [-0.2, -0.15) is 13.2 Å². The molecule has 200 valence electrons. The Morgan fingerprint density at radius 1 is 1.24 bits per heavy atom. The maximum absolute atomic E-state index is 14.0. The monoisotopic (exact) mass is 535 g/mol. The number of benzene rings is 1. The average molecular weight is 536 g/mol. The maximum atomic E-state index is 14.0. The predicted molar refractivity (Wildman–Crippen MR) is 143 cm³/mol. The van der Waals surface area contributed by atoms with Crippen molar-refractivity contribution in [3.8, 4) is 11.3 Å². The number of anilines is 1. The highest BCUT2D eigenvalue weighted by Gasteiger charge is 2.36. The molecule has 37 heavy (non-hydrogen) atoms. The number of likely N-dealkylation sites (N-methyl/N-ethyl adjacent to an activating group) is 1. The number of hydrogen-bond donors (Lipinski definition) is 3. The minimum Gasteiger partial charge on any atom is -0.376 e. The number of H-pyrrole nitrogens is 1. The molecule has 2 aromatic heterocycles. The van der Waals surface area contributed by atoms with Gasteiger partial charge in [-0.25, -0.2) is 9.97 Å². The summed E-state index contributed by atoms with van der Waals surface area (Å²) in [5.41, 5.74) is 0.446. The van der Waals surface area contributed by atoms with E-state index in [-0.39, 0.29) is 17.7 Å². The van der Waals surface area contributed by atoms with Crippen LogP contribution in [0.15, 0.2) is 30.6 Å². The summed E-state index contributed by atoms with van der Waals surface area (Å²) in [6.07, 6.45) is 5.42. The summed E-state index contributed by atoms with van der Waals surface area (Å²) in [6, 6.07) is 3.68. The zero-order chi connectivity index (χ0) is 26.6. The van der Waals surface area contributed by atoms with Gasteiger partial charge in [-0.15, -0.1) is 0 Å². The zero-order valence-electron chi connectivity index (χ0n) is 21.3. The first-order chi connectivity index (χ1) is 17.6. The van der Waals surface area contributed by atoms with E-state index < -0.39 is 18.9 Å². The number of hydrogen-bond acceptors (Lipinski definition) is 6. The molecular formula is C26H33F3N5O2P. The SMILES string of the molecule is CNCCOC/C=C/c1ccc2c(-c3nc(NC4CCCC4)ncc3C(F)(F)F)c[nH]c2c1P(C)(C)=O. The van der Waals surface area contributed by atoms with E-state index in [1.54, 1.807) is 25.5 Å². The minimum absolute atomic E-state index is 0.154. The lowest BCUT2D eigenvalue weighted by Crippen LogP contribution is -2.18. The highest BCUT2D eigenvalue weighted by atomic mass is 31.2. The van der Waals surface area contributed by atoms with Gasteiger partial charge in [-0.1, -0.05) is 37.1 Å². The van der Waals surface area contributed by atoms with E-state index in [0.717, 1.165) is 44.0 Å². The first kappa shape index (κ1) is 27.4. The number of halogens is 3. The van der Waals surface area contributed by atoms with Crippen LogP contribution in [0.1, 0.15) is 36.8 Å². The number of nitrogens with one attached hydrogen (secondary N) is 3. The molecule has 4 rings (SSSR count). The molecule has 7 nitrogen and oxygen atoms in total. The second-order valence-corrected chi connectivity index (χ2v) is 12.8. The lowest BCUT2D eigenvalue weighted by atomic mass is 10.0. The number of alkyl halides is 3. The molecule has 3 aromatic rings. The summed E-state index contributed by atoms with van der Waals surface area (Å²) in [6.45, 7) is 4.98. The van der Waals surface area contributed by atoms with Crippen molar-refractivity contribution in [2.75, 3.05) is 45.5 Å². The normalized spacial score (nSPS) is 15.3. The van der Waals surface area contributed by atoms with E-state index in [9.17, 15) is 17.7 Å². The lowest BCUT2D eigenvalue weighted by molar-refractivity contribution is -0.137. The summed E-state index contributed by atoms with van der Waals surface area (Å²) in [5, 5.41) is 7.29. The largest absolute Gasteiger partial charge is 0.419 e. The molecule has 1 aliphatic carbocycles. The van der Waals surface area contributed by atoms with Crippen molar-refractivity contribution in [2.24, 2.45) is 0 Å². The molecule has 1 saturated carbocycles. The van der Waals surface area contributed by atoms with Gasteiger partial charge in [-0.3, -0.25) is 0 Å². The van der Waals surface area contributed by atoms with Gasteiger partial charge in [0.15, 0.2) is 0 Å². The van der Waals surface area contributed by atoms with Gasteiger partial charge >= 0.3 is 6.18 Å². The fraction of sp³-hybridized carbons (Fsp3) is 0.462. The predicted octanol–water partition coefficient (Wildman–Crippen LogP) is 5.50. The molecule has 0 spiro atoms. The molecule has 3 N–H and O–H groups in total. The second-order valence-electron chi connectivity index (χ2n) is 9.64. The van der Waals surface area contributed by atoms with E-state index >= 15 is 0 Å². The van der Waals surface area contributed by atoms with Gasteiger partial charge in [0.2, 0.25) is 5.95 Å². The Morgan fingerprint density at radius 3 is 2.68 bits per heavy atom. The molecule has 2 heterocycles. The van der Waals surface area contributed by atoms with Crippen LogP contribution in [-0.4, -0.2) is 61.1 Å². The smallest absolute Gasteiger partial charge is 0.376 e. The molecule has 0 radical (unpaired) electrons. The molecule has 1 fully saturated rings. The van der Waals surface area contributed by atoms with Crippen LogP contribution in [0.3, 0.4) is 0 Å². The van der Waals surface area contributed by atoms with Crippen LogP contribution in [0.4, 0.5) is 19.1 Å². The fourth-order valence-corrected chi connectivity index (χ4v) is 6.22. The molecule has 1 aliphatic rings. The Labute approximate surface area is 214 Å². The van der Waals surface area contributed by atoms with Crippen LogP contribution in [0, 0.1) is 0 Å². The number of fused-ring (bicyclic) bond motifs is 1. The molecule has 0 aliphatic heterocycles. The number of nitrogens with zero attached hydrogens (tertiary/aromatic N) is 2. The van der Waals surface area contributed by atoms with Crippen LogP contribution in [0.2, 0.25) is 0 Å². The number of aromatic amines is 1. The van der Waals surface area contributed by atoms with Gasteiger partial charge in [0.05, 0.1) is 24.4 Å². The quantitative estimate of drug-likeness (QED) is 0.235. The van der Waals surface area contributed by atoms with Gasteiger partial charge in [0, 0.05) is 41.2 Å². The van der Waals surface area contributed by atoms with Crippen molar-refractivity contribution >= 4 is 35.4 Å². The molecule has 0 atom stereocenters. The molecule has 0 saturated heterocycles. The Balaban J connectivity index is 1.77. The van der Waals surface area contributed by atoms with Gasteiger partial charge < -0.3 is 24.9 Å². The van der Waals surface area contributed by atoms with Gasteiger partial charge in [0.25, 0.3) is 0 Å². The van der Waals surface area contributed by atoms with Crippen molar-refractivity contribution in [3.63, 3.8) is 0 Å². The van der Waals surface area contributed by atoms with E-state index in [0.29, 0.717) is 35.0 Å². The number of aromatic nitrogens is 3. The van der Waals surface area contributed by atoms with Crippen molar-refractivity contribution in [2.45, 2.75) is 37.9 Å². The average Bonchev–Trinajstić information content (AvgIpc) is 3.49. The van der Waals surface area contributed by atoms with Gasteiger partial charge in [-0.05, 0) is 38.8 Å². The van der Waals surface area contributed by atoms with Gasteiger partial charge in [0.1, 0.15) is 12.7 Å². The van der Waals surface area contributed by atoms with Crippen LogP contribution >= 0.6 is 7.14 Å². The topological polar surface area (TPSA) is 91.9 Å². The first-order valence-electron chi connectivity index (χ1n) is 12.4. The first-order valence-corrected chi connectivity index (χ1v) is 15.0. The highest BCUT2D eigenvalue weighted by Crippen LogP contribution is 2.43. The van der Waals surface area contributed by atoms with E-state index in [1.807, 2.05) is 19.2 Å². The van der Waals surface area contributed by atoms with Crippen molar-refractivity contribution in [1.29, 1.82) is 0 Å². The third kappa shape index (κ3) is 6.43. The van der Waals surface area contributed by atoms with Crippen molar-refractivity contribution in [3.05, 3.63) is 41.7 Å². The summed E-state index contributed by atoms with van der Waals surface area (Å²) in [4.78, 5) is 11.4. The highest BCUT2D eigenvalue weighted by molar-refractivity contribution is 7.70. The minimum atomic E-state index is -4.63. The van der Waals surface area contributed by atoms with Crippen molar-refractivity contribution in [1.82, 2.24) is 20.3 Å². The van der Waals surface area contributed by atoms with Crippen LogP contribution in [0.5, 0.6) is 0 Å². The second kappa shape index (κ2) is 11.4. The molecule has 11 heteroatoms. The standard InChI is InChI=1S/C26H33F3N5O2P/c1-30-12-14-36-13-6-7-17-10-11-19-20(15-31-23(19)24(17)37(2,3)35)22-21(26(27,28)29)16-32-25(34-22)33-18-8-4-5-9-18/h6-7,10-11,15-16,18,30-31H,4-5,8-9,12-14H2,1-3H3,(H,32,33,34)/b7-6+. The Kier molecular flexibility index (Phi) is 8.41. The van der Waals surface area contributed by atoms with Crippen LogP contribution in [0.25, 0.3) is 28.2 Å². The number of ether oxygens (including phenoxy) is 1. The molecule has 0 bridgehead atoms. The molecule has 0 amide bonds. The van der Waals surface area contributed by atoms with E-state index in [2.05, 4.69) is 25.6 Å². The van der Waals surface area contributed by atoms with Crippen molar-refractivity contribution < 1.29 is 22.5 Å². The summed E-state index contributed by atoms with van der Waals surface area (Å²) in [5.74, 6) is 0.180.